The van der Waals surface area contributed by atoms with E-state index in [1.165, 1.54) is 11.3 Å². The molecular formula is C13H18N2O3S. The molecule has 1 amide bonds. The van der Waals surface area contributed by atoms with E-state index in [1.807, 2.05) is 5.38 Å². The Morgan fingerprint density at radius 2 is 2.11 bits per heavy atom. The highest BCUT2D eigenvalue weighted by Crippen LogP contribution is 2.32. The van der Waals surface area contributed by atoms with Gasteiger partial charge in [0.05, 0.1) is 11.6 Å². The highest BCUT2D eigenvalue weighted by molar-refractivity contribution is 7.13. The number of thiazole rings is 1. The second kappa shape index (κ2) is 5.69. The Labute approximate surface area is 116 Å². The minimum Gasteiger partial charge on any atom is -0.481 e. The van der Waals surface area contributed by atoms with Crippen LogP contribution in [0.4, 0.5) is 5.13 Å². The van der Waals surface area contributed by atoms with Crippen molar-refractivity contribution in [2.24, 2.45) is 11.8 Å². The van der Waals surface area contributed by atoms with Gasteiger partial charge in [0.1, 0.15) is 0 Å². The normalized spacial score (nSPS) is 22.7. The molecule has 1 aliphatic carbocycles. The van der Waals surface area contributed by atoms with Gasteiger partial charge in [0.25, 0.3) is 0 Å². The molecule has 1 saturated carbocycles. The highest BCUT2D eigenvalue weighted by Gasteiger charge is 2.34. The Balaban J connectivity index is 1.92. The van der Waals surface area contributed by atoms with Crippen LogP contribution in [0.15, 0.2) is 5.38 Å². The summed E-state index contributed by atoms with van der Waals surface area (Å²) in [6, 6.07) is 0. The summed E-state index contributed by atoms with van der Waals surface area (Å²) in [5, 5.41) is 14.3. The number of aliphatic carboxylic acids is 1. The number of nitrogens with zero attached hydrogens (tertiary/aromatic N) is 1. The first kappa shape index (κ1) is 14.0. The lowest BCUT2D eigenvalue weighted by atomic mass is 10.0. The first-order valence-electron chi connectivity index (χ1n) is 6.46. The van der Waals surface area contributed by atoms with Crippen LogP contribution in [-0.2, 0) is 9.59 Å². The Bertz CT molecular complexity index is 484. The van der Waals surface area contributed by atoms with Crippen LogP contribution in [0.5, 0.6) is 0 Å². The van der Waals surface area contributed by atoms with E-state index in [0.717, 1.165) is 5.69 Å². The fourth-order valence-corrected chi connectivity index (χ4v) is 3.14. The monoisotopic (exact) mass is 282 g/mol. The van der Waals surface area contributed by atoms with Crippen molar-refractivity contribution in [1.29, 1.82) is 0 Å². The number of hydrogen-bond acceptors (Lipinski definition) is 4. The van der Waals surface area contributed by atoms with Crippen LogP contribution < -0.4 is 5.32 Å². The van der Waals surface area contributed by atoms with Gasteiger partial charge in [-0.15, -0.1) is 11.3 Å². The Morgan fingerprint density at radius 3 is 2.63 bits per heavy atom. The Hall–Kier alpha value is -1.43. The molecule has 19 heavy (non-hydrogen) atoms. The molecule has 2 N–H and O–H groups in total. The summed E-state index contributed by atoms with van der Waals surface area (Å²) in [7, 11) is 0. The molecule has 0 aromatic carbocycles. The predicted molar refractivity (Wildman–Crippen MR) is 73.3 cm³/mol. The van der Waals surface area contributed by atoms with E-state index in [2.05, 4.69) is 24.1 Å². The smallest absolute Gasteiger partial charge is 0.306 e. The van der Waals surface area contributed by atoms with Gasteiger partial charge in [-0.3, -0.25) is 9.59 Å². The predicted octanol–water partition coefficient (Wildman–Crippen LogP) is 2.71. The van der Waals surface area contributed by atoms with Gasteiger partial charge in [-0.1, -0.05) is 13.8 Å². The molecule has 1 aromatic heterocycles. The Morgan fingerprint density at radius 1 is 1.42 bits per heavy atom. The van der Waals surface area contributed by atoms with Crippen LogP contribution in [0.1, 0.15) is 44.7 Å². The van der Waals surface area contributed by atoms with Gasteiger partial charge in [0.15, 0.2) is 5.13 Å². The molecule has 1 aromatic rings. The zero-order valence-corrected chi connectivity index (χ0v) is 11.9. The third-order valence-electron chi connectivity index (χ3n) is 3.50. The van der Waals surface area contributed by atoms with Crippen LogP contribution in [0, 0.1) is 11.8 Å². The van der Waals surface area contributed by atoms with Crippen molar-refractivity contribution in [3.63, 3.8) is 0 Å². The summed E-state index contributed by atoms with van der Waals surface area (Å²) in [6.45, 7) is 4.10. The average molecular weight is 282 g/mol. The van der Waals surface area contributed by atoms with Crippen LogP contribution in [0.25, 0.3) is 0 Å². The van der Waals surface area contributed by atoms with E-state index in [0.29, 0.717) is 30.3 Å². The van der Waals surface area contributed by atoms with Crippen molar-refractivity contribution >= 4 is 28.3 Å². The SMILES string of the molecule is CC(C)c1csc(NC(=O)[C@@H]2CC[C@H](C(=O)O)C2)n1. The van der Waals surface area contributed by atoms with Crippen molar-refractivity contribution in [2.45, 2.75) is 39.0 Å². The standard InChI is InChI=1S/C13H18N2O3S/c1-7(2)10-6-19-13(14-10)15-11(16)8-3-4-9(5-8)12(17)18/h6-9H,3-5H2,1-2H3,(H,17,18)(H,14,15,16)/t8-,9+/m1/s1. The second-order valence-corrected chi connectivity index (χ2v) is 6.12. The second-order valence-electron chi connectivity index (χ2n) is 5.27. The van der Waals surface area contributed by atoms with Crippen molar-refractivity contribution < 1.29 is 14.7 Å². The lowest BCUT2D eigenvalue weighted by molar-refractivity contribution is -0.141. The molecule has 104 valence electrons. The zero-order chi connectivity index (χ0) is 14.0. The molecule has 1 fully saturated rings. The summed E-state index contributed by atoms with van der Waals surface area (Å²) in [5.74, 6) is -1.14. The number of amides is 1. The lowest BCUT2D eigenvalue weighted by Crippen LogP contribution is -2.21. The largest absolute Gasteiger partial charge is 0.481 e. The molecular weight excluding hydrogens is 264 g/mol. The van der Waals surface area contributed by atoms with E-state index in [9.17, 15) is 9.59 Å². The number of carbonyl (C=O) groups is 2. The maximum absolute atomic E-state index is 12.0. The fourth-order valence-electron chi connectivity index (χ4n) is 2.26. The van der Waals surface area contributed by atoms with E-state index in [-0.39, 0.29) is 17.7 Å². The van der Waals surface area contributed by atoms with Crippen molar-refractivity contribution in [2.75, 3.05) is 5.32 Å². The lowest BCUT2D eigenvalue weighted by Gasteiger charge is -2.08. The van der Waals surface area contributed by atoms with Crippen LogP contribution in [0.3, 0.4) is 0 Å². The molecule has 6 heteroatoms. The van der Waals surface area contributed by atoms with Crippen molar-refractivity contribution in [3.05, 3.63) is 11.1 Å². The van der Waals surface area contributed by atoms with Gasteiger partial charge in [-0.05, 0) is 25.2 Å². The number of hydrogen-bond donors (Lipinski definition) is 2. The summed E-state index contributed by atoms with van der Waals surface area (Å²) in [5.41, 5.74) is 0.968. The summed E-state index contributed by atoms with van der Waals surface area (Å²) in [4.78, 5) is 27.2. The third-order valence-corrected chi connectivity index (χ3v) is 4.27. The maximum Gasteiger partial charge on any atom is 0.306 e. The maximum atomic E-state index is 12.0. The number of anilines is 1. The van der Waals surface area contributed by atoms with E-state index < -0.39 is 5.97 Å². The first-order valence-corrected chi connectivity index (χ1v) is 7.34. The van der Waals surface area contributed by atoms with Gasteiger partial charge in [-0.2, -0.15) is 0 Å². The third kappa shape index (κ3) is 3.32. The number of carboxylic acids is 1. The molecule has 0 bridgehead atoms. The summed E-state index contributed by atoms with van der Waals surface area (Å²) in [6.07, 6.45) is 1.66. The van der Waals surface area contributed by atoms with Gasteiger partial charge in [-0.25, -0.2) is 4.98 Å². The van der Waals surface area contributed by atoms with E-state index in [4.69, 9.17) is 5.11 Å². The molecule has 0 unspecified atom stereocenters. The molecule has 2 atom stereocenters. The minimum atomic E-state index is -0.799. The average Bonchev–Trinajstić information content (AvgIpc) is 2.96. The molecule has 1 heterocycles. The van der Waals surface area contributed by atoms with Gasteiger partial charge >= 0.3 is 5.97 Å². The zero-order valence-electron chi connectivity index (χ0n) is 11.0. The fraction of sp³-hybridized carbons (Fsp3) is 0.615. The van der Waals surface area contributed by atoms with Crippen molar-refractivity contribution in [3.8, 4) is 0 Å². The van der Waals surface area contributed by atoms with Crippen molar-refractivity contribution in [1.82, 2.24) is 4.98 Å². The minimum absolute atomic E-state index is 0.103. The highest BCUT2D eigenvalue weighted by atomic mass is 32.1. The molecule has 1 aliphatic rings. The summed E-state index contributed by atoms with van der Waals surface area (Å²) < 4.78 is 0. The first-order chi connectivity index (χ1) is 8.97. The van der Waals surface area contributed by atoms with Crippen LogP contribution in [-0.4, -0.2) is 22.0 Å². The van der Waals surface area contributed by atoms with Gasteiger partial charge in [0, 0.05) is 11.3 Å². The molecule has 0 saturated heterocycles. The molecule has 0 spiro atoms. The Kier molecular flexibility index (Phi) is 4.19. The van der Waals surface area contributed by atoms with Gasteiger partial charge in [0.2, 0.25) is 5.91 Å². The van der Waals surface area contributed by atoms with E-state index in [1.54, 1.807) is 0 Å². The number of rotatable bonds is 4. The number of aromatic nitrogens is 1. The van der Waals surface area contributed by atoms with Crippen LogP contribution in [0.2, 0.25) is 0 Å². The number of carbonyl (C=O) groups excluding carboxylic acids is 1. The number of nitrogens with one attached hydrogen (secondary N) is 1. The van der Waals surface area contributed by atoms with E-state index >= 15 is 0 Å². The summed E-state index contributed by atoms with van der Waals surface area (Å²) >= 11 is 1.41. The quantitative estimate of drug-likeness (QED) is 0.890. The molecule has 0 aliphatic heterocycles. The molecule has 0 radical (unpaired) electrons. The molecule has 2 rings (SSSR count). The van der Waals surface area contributed by atoms with Gasteiger partial charge < -0.3 is 10.4 Å². The topological polar surface area (TPSA) is 79.3 Å². The molecule has 5 nitrogen and oxygen atoms in total. The number of carboxylic acid groups (broad SMARTS) is 1. The van der Waals surface area contributed by atoms with Crippen LogP contribution >= 0.6 is 11.3 Å².